The highest BCUT2D eigenvalue weighted by molar-refractivity contribution is 7.87. The highest BCUT2D eigenvalue weighted by atomic mass is 32.2. The smallest absolute Gasteiger partial charge is 0.279 e. The maximum atomic E-state index is 11.7. The number of rotatable bonds is 11. The molecular weight excluding hydrogens is 254 g/mol. The van der Waals surface area contributed by atoms with Crippen LogP contribution in [0.1, 0.15) is 26.7 Å². The van der Waals surface area contributed by atoms with E-state index in [1.54, 1.807) is 0 Å². The molecule has 0 spiro atoms. The molecule has 0 aliphatic heterocycles. The topological polar surface area (TPSA) is 72.9 Å². The first-order valence-corrected chi connectivity index (χ1v) is 7.96. The fraction of sp³-hybridized carbons (Fsp3) is 1.00. The van der Waals surface area contributed by atoms with E-state index in [2.05, 4.69) is 23.5 Å². The SMILES string of the molecule is CCN(CC)CCCNS(=O)(=O)N(C)CCCO. The predicted molar refractivity (Wildman–Crippen MR) is 73.7 cm³/mol. The Bertz CT molecular complexity index is 292. The highest BCUT2D eigenvalue weighted by Gasteiger charge is 2.15. The molecule has 0 amide bonds. The standard InChI is InChI=1S/C11H27N3O3S/c1-4-14(5-2)10-6-8-12-18(16,17)13(3)9-7-11-15/h12,15H,4-11H2,1-3H3. The number of hydrogen-bond acceptors (Lipinski definition) is 4. The Balaban J connectivity index is 3.89. The molecule has 0 aromatic carbocycles. The Morgan fingerprint density at radius 2 is 1.72 bits per heavy atom. The van der Waals surface area contributed by atoms with E-state index in [-0.39, 0.29) is 6.61 Å². The molecule has 0 bridgehead atoms. The fourth-order valence-electron chi connectivity index (χ4n) is 1.57. The second-order valence-corrected chi connectivity index (χ2v) is 6.04. The summed E-state index contributed by atoms with van der Waals surface area (Å²) in [7, 11) is -1.87. The van der Waals surface area contributed by atoms with Gasteiger partial charge in [0.1, 0.15) is 0 Å². The second kappa shape index (κ2) is 9.69. The first kappa shape index (κ1) is 17.8. The summed E-state index contributed by atoms with van der Waals surface area (Å²) in [5.74, 6) is 0. The third-order valence-electron chi connectivity index (χ3n) is 2.87. The maximum absolute atomic E-state index is 11.7. The van der Waals surface area contributed by atoms with E-state index in [1.165, 1.54) is 11.4 Å². The predicted octanol–water partition coefficient (Wildman–Crippen LogP) is -0.133. The molecular formula is C11H27N3O3S. The largest absolute Gasteiger partial charge is 0.396 e. The number of nitrogens with one attached hydrogen (secondary N) is 1. The van der Waals surface area contributed by atoms with Crippen LogP contribution in [0.4, 0.5) is 0 Å². The Morgan fingerprint density at radius 3 is 2.22 bits per heavy atom. The Labute approximate surface area is 111 Å². The molecule has 0 aromatic heterocycles. The average molecular weight is 281 g/mol. The van der Waals surface area contributed by atoms with Gasteiger partial charge in [-0.3, -0.25) is 0 Å². The van der Waals surface area contributed by atoms with Crippen LogP contribution >= 0.6 is 0 Å². The van der Waals surface area contributed by atoms with Gasteiger partial charge in [-0.05, 0) is 32.5 Å². The lowest BCUT2D eigenvalue weighted by atomic mass is 10.4. The van der Waals surface area contributed by atoms with Gasteiger partial charge >= 0.3 is 0 Å². The molecule has 0 unspecified atom stereocenters. The molecule has 0 rings (SSSR count). The zero-order valence-electron chi connectivity index (χ0n) is 11.7. The molecule has 7 heteroatoms. The molecule has 0 heterocycles. The highest BCUT2D eigenvalue weighted by Crippen LogP contribution is 1.96. The van der Waals surface area contributed by atoms with Gasteiger partial charge in [-0.1, -0.05) is 13.8 Å². The van der Waals surface area contributed by atoms with Crippen molar-refractivity contribution in [1.29, 1.82) is 0 Å². The first-order chi connectivity index (χ1) is 8.47. The zero-order chi connectivity index (χ0) is 14.0. The molecule has 0 aliphatic carbocycles. The fourth-order valence-corrected chi connectivity index (χ4v) is 2.56. The normalized spacial score (nSPS) is 12.6. The first-order valence-electron chi connectivity index (χ1n) is 6.52. The van der Waals surface area contributed by atoms with E-state index in [1.807, 2.05) is 0 Å². The summed E-state index contributed by atoms with van der Waals surface area (Å²) in [6, 6.07) is 0. The quantitative estimate of drug-likeness (QED) is 0.517. The lowest BCUT2D eigenvalue weighted by molar-refractivity contribution is 0.275. The van der Waals surface area contributed by atoms with E-state index in [0.29, 0.717) is 19.5 Å². The van der Waals surface area contributed by atoms with Crippen LogP contribution in [0.5, 0.6) is 0 Å². The Kier molecular flexibility index (Phi) is 9.57. The van der Waals surface area contributed by atoms with Crippen LogP contribution in [-0.2, 0) is 10.2 Å². The lowest BCUT2D eigenvalue weighted by Gasteiger charge is -2.19. The number of nitrogens with zero attached hydrogens (tertiary/aromatic N) is 2. The van der Waals surface area contributed by atoms with Crippen molar-refractivity contribution in [3.05, 3.63) is 0 Å². The molecule has 0 radical (unpaired) electrons. The number of aliphatic hydroxyl groups excluding tert-OH is 1. The third kappa shape index (κ3) is 7.27. The van der Waals surface area contributed by atoms with E-state index in [4.69, 9.17) is 5.11 Å². The van der Waals surface area contributed by atoms with Gasteiger partial charge in [0, 0.05) is 26.7 Å². The lowest BCUT2D eigenvalue weighted by Crippen LogP contribution is -2.40. The average Bonchev–Trinajstić information content (AvgIpc) is 2.36. The van der Waals surface area contributed by atoms with E-state index >= 15 is 0 Å². The van der Waals surface area contributed by atoms with Gasteiger partial charge in [0.2, 0.25) is 0 Å². The van der Waals surface area contributed by atoms with Crippen molar-refractivity contribution < 1.29 is 13.5 Å². The number of aliphatic hydroxyl groups is 1. The van der Waals surface area contributed by atoms with E-state index < -0.39 is 10.2 Å². The van der Waals surface area contributed by atoms with Crippen molar-refractivity contribution in [2.24, 2.45) is 0 Å². The summed E-state index contributed by atoms with van der Waals surface area (Å²) in [5.41, 5.74) is 0. The molecule has 0 aliphatic rings. The summed E-state index contributed by atoms with van der Waals surface area (Å²) in [6.07, 6.45) is 1.26. The molecule has 0 aromatic rings. The van der Waals surface area contributed by atoms with Crippen molar-refractivity contribution >= 4 is 10.2 Å². The minimum Gasteiger partial charge on any atom is -0.396 e. The Hall–Kier alpha value is -0.210. The summed E-state index contributed by atoms with van der Waals surface area (Å²) >= 11 is 0. The van der Waals surface area contributed by atoms with Gasteiger partial charge in [-0.25, -0.2) is 4.72 Å². The van der Waals surface area contributed by atoms with Crippen molar-refractivity contribution in [3.63, 3.8) is 0 Å². The van der Waals surface area contributed by atoms with Crippen molar-refractivity contribution in [2.75, 3.05) is 46.4 Å². The van der Waals surface area contributed by atoms with Gasteiger partial charge in [-0.15, -0.1) is 0 Å². The molecule has 6 nitrogen and oxygen atoms in total. The summed E-state index contributed by atoms with van der Waals surface area (Å²) < 4.78 is 27.3. The van der Waals surface area contributed by atoms with Gasteiger partial charge in [0.05, 0.1) is 0 Å². The number of hydrogen-bond donors (Lipinski definition) is 2. The molecule has 18 heavy (non-hydrogen) atoms. The minimum atomic E-state index is -3.39. The zero-order valence-corrected chi connectivity index (χ0v) is 12.5. The summed E-state index contributed by atoms with van der Waals surface area (Å²) in [5, 5.41) is 8.66. The van der Waals surface area contributed by atoms with Crippen LogP contribution in [-0.4, -0.2) is 69.1 Å². The molecule has 0 atom stereocenters. The molecule has 0 saturated carbocycles. The van der Waals surface area contributed by atoms with Crippen LogP contribution in [0.25, 0.3) is 0 Å². The summed E-state index contributed by atoms with van der Waals surface area (Å²) in [4.78, 5) is 2.25. The van der Waals surface area contributed by atoms with Crippen LogP contribution in [0, 0.1) is 0 Å². The van der Waals surface area contributed by atoms with E-state index in [0.717, 1.165) is 26.1 Å². The van der Waals surface area contributed by atoms with Crippen molar-refractivity contribution in [2.45, 2.75) is 26.7 Å². The third-order valence-corrected chi connectivity index (χ3v) is 4.44. The van der Waals surface area contributed by atoms with Gasteiger partial charge in [0.25, 0.3) is 10.2 Å². The van der Waals surface area contributed by atoms with Crippen LogP contribution in [0.3, 0.4) is 0 Å². The van der Waals surface area contributed by atoms with Gasteiger partial charge in [-0.2, -0.15) is 12.7 Å². The minimum absolute atomic E-state index is 0.00181. The Morgan fingerprint density at radius 1 is 1.11 bits per heavy atom. The maximum Gasteiger partial charge on any atom is 0.279 e. The van der Waals surface area contributed by atoms with E-state index in [9.17, 15) is 8.42 Å². The van der Waals surface area contributed by atoms with Crippen LogP contribution in [0.2, 0.25) is 0 Å². The molecule has 0 fully saturated rings. The summed E-state index contributed by atoms with van der Waals surface area (Å²) in [6.45, 7) is 7.84. The van der Waals surface area contributed by atoms with Gasteiger partial charge in [0.15, 0.2) is 0 Å². The molecule has 0 saturated heterocycles. The molecule has 2 N–H and O–H groups in total. The van der Waals surface area contributed by atoms with Crippen molar-refractivity contribution in [1.82, 2.24) is 13.9 Å². The second-order valence-electron chi connectivity index (χ2n) is 4.18. The molecule has 110 valence electrons. The van der Waals surface area contributed by atoms with Crippen LogP contribution < -0.4 is 4.72 Å². The van der Waals surface area contributed by atoms with Gasteiger partial charge < -0.3 is 10.0 Å². The van der Waals surface area contributed by atoms with Crippen molar-refractivity contribution in [3.8, 4) is 0 Å². The van der Waals surface area contributed by atoms with Crippen LogP contribution in [0.15, 0.2) is 0 Å². The monoisotopic (exact) mass is 281 g/mol.